The SMILES string of the molecule is CCNC(=NCC(O)c1ccccc1F)NCC(C)Oc1ccc(F)cc1. The second-order valence-corrected chi connectivity index (χ2v) is 6.02. The zero-order valence-corrected chi connectivity index (χ0v) is 15.5. The summed E-state index contributed by atoms with van der Waals surface area (Å²) in [6.45, 7) is 4.88. The van der Waals surface area contributed by atoms with E-state index < -0.39 is 11.9 Å². The fraction of sp³-hybridized carbons (Fsp3) is 0.350. The predicted octanol–water partition coefficient (Wildman–Crippen LogP) is 3.02. The van der Waals surface area contributed by atoms with Gasteiger partial charge in [-0.05, 0) is 44.2 Å². The van der Waals surface area contributed by atoms with Crippen LogP contribution in [0.15, 0.2) is 53.5 Å². The van der Waals surface area contributed by atoms with Crippen molar-refractivity contribution < 1.29 is 18.6 Å². The number of hydrogen-bond donors (Lipinski definition) is 3. The highest BCUT2D eigenvalue weighted by Gasteiger charge is 2.12. The summed E-state index contributed by atoms with van der Waals surface area (Å²) in [5.41, 5.74) is 0.213. The first-order valence-corrected chi connectivity index (χ1v) is 8.86. The number of aliphatic hydroxyl groups is 1. The van der Waals surface area contributed by atoms with Crippen molar-refractivity contribution in [1.29, 1.82) is 0 Å². The Kier molecular flexibility index (Phi) is 8.00. The molecule has 0 saturated heterocycles. The van der Waals surface area contributed by atoms with E-state index in [1.165, 1.54) is 24.3 Å². The average molecular weight is 377 g/mol. The van der Waals surface area contributed by atoms with Gasteiger partial charge in [-0.3, -0.25) is 4.99 Å². The number of ether oxygens (including phenoxy) is 1. The maximum Gasteiger partial charge on any atom is 0.191 e. The van der Waals surface area contributed by atoms with Gasteiger partial charge in [0, 0.05) is 12.1 Å². The number of nitrogens with zero attached hydrogens (tertiary/aromatic N) is 1. The highest BCUT2D eigenvalue weighted by molar-refractivity contribution is 5.79. The Balaban J connectivity index is 1.89. The van der Waals surface area contributed by atoms with E-state index in [1.54, 1.807) is 24.3 Å². The molecule has 0 aliphatic heterocycles. The first-order chi connectivity index (χ1) is 13.0. The zero-order valence-electron chi connectivity index (χ0n) is 15.5. The fourth-order valence-electron chi connectivity index (χ4n) is 2.39. The summed E-state index contributed by atoms with van der Waals surface area (Å²) in [5.74, 6) is 0.285. The van der Waals surface area contributed by atoms with Crippen molar-refractivity contribution in [3.63, 3.8) is 0 Å². The number of aliphatic hydroxyl groups excluding tert-OH is 1. The van der Waals surface area contributed by atoms with Crippen LogP contribution in [0.5, 0.6) is 5.75 Å². The lowest BCUT2D eigenvalue weighted by Gasteiger charge is -2.18. The summed E-state index contributed by atoms with van der Waals surface area (Å²) in [5, 5.41) is 16.3. The van der Waals surface area contributed by atoms with Crippen LogP contribution >= 0.6 is 0 Å². The topological polar surface area (TPSA) is 65.9 Å². The van der Waals surface area contributed by atoms with Gasteiger partial charge in [-0.25, -0.2) is 8.78 Å². The predicted molar refractivity (Wildman–Crippen MR) is 102 cm³/mol. The first kappa shape index (κ1) is 20.6. The Hall–Kier alpha value is -2.67. The van der Waals surface area contributed by atoms with E-state index >= 15 is 0 Å². The second kappa shape index (κ2) is 10.5. The van der Waals surface area contributed by atoms with Crippen LogP contribution in [0.1, 0.15) is 25.5 Å². The molecule has 27 heavy (non-hydrogen) atoms. The van der Waals surface area contributed by atoms with E-state index in [4.69, 9.17) is 4.74 Å². The Bertz CT molecular complexity index is 738. The lowest BCUT2D eigenvalue weighted by molar-refractivity contribution is 0.182. The van der Waals surface area contributed by atoms with Gasteiger partial charge in [0.25, 0.3) is 0 Å². The molecule has 2 rings (SSSR count). The van der Waals surface area contributed by atoms with Gasteiger partial charge in [-0.15, -0.1) is 0 Å². The lowest BCUT2D eigenvalue weighted by atomic mass is 10.1. The largest absolute Gasteiger partial charge is 0.489 e. The van der Waals surface area contributed by atoms with Crippen LogP contribution in [0.3, 0.4) is 0 Å². The van der Waals surface area contributed by atoms with Gasteiger partial charge in [0.1, 0.15) is 29.6 Å². The van der Waals surface area contributed by atoms with Crippen LogP contribution in [0.2, 0.25) is 0 Å². The van der Waals surface area contributed by atoms with Gasteiger partial charge in [-0.2, -0.15) is 0 Å². The van der Waals surface area contributed by atoms with Crippen molar-refractivity contribution in [1.82, 2.24) is 10.6 Å². The van der Waals surface area contributed by atoms with Gasteiger partial charge in [-0.1, -0.05) is 18.2 Å². The molecule has 0 bridgehead atoms. The molecular formula is C20H25F2N3O2. The van der Waals surface area contributed by atoms with Crippen LogP contribution in [-0.4, -0.2) is 36.8 Å². The van der Waals surface area contributed by atoms with Crippen molar-refractivity contribution in [2.75, 3.05) is 19.6 Å². The number of hydrogen-bond acceptors (Lipinski definition) is 3. The van der Waals surface area contributed by atoms with Gasteiger partial charge >= 0.3 is 0 Å². The Labute approximate surface area is 158 Å². The average Bonchev–Trinajstić information content (AvgIpc) is 2.66. The van der Waals surface area contributed by atoms with Gasteiger partial charge in [0.05, 0.1) is 13.1 Å². The Morgan fingerprint density at radius 2 is 1.81 bits per heavy atom. The molecule has 0 saturated carbocycles. The summed E-state index contributed by atoms with van der Waals surface area (Å²) >= 11 is 0. The quantitative estimate of drug-likeness (QED) is 0.489. The van der Waals surface area contributed by atoms with E-state index in [0.29, 0.717) is 24.8 Å². The molecule has 0 aromatic heterocycles. The third-order valence-electron chi connectivity index (χ3n) is 3.74. The van der Waals surface area contributed by atoms with E-state index in [0.717, 1.165) is 0 Å². The number of guanidine groups is 1. The van der Waals surface area contributed by atoms with E-state index in [2.05, 4.69) is 15.6 Å². The second-order valence-electron chi connectivity index (χ2n) is 6.02. The smallest absolute Gasteiger partial charge is 0.191 e. The van der Waals surface area contributed by atoms with Crippen LogP contribution in [0, 0.1) is 11.6 Å². The standard InChI is InChI=1S/C20H25F2N3O2/c1-3-23-20(25-13-19(26)17-6-4-5-7-18(17)22)24-12-14(2)27-16-10-8-15(21)9-11-16/h4-11,14,19,26H,3,12-13H2,1-2H3,(H2,23,24,25). The molecule has 3 N–H and O–H groups in total. The molecule has 0 spiro atoms. The molecule has 2 atom stereocenters. The van der Waals surface area contributed by atoms with Crippen molar-refractivity contribution in [3.8, 4) is 5.75 Å². The summed E-state index contributed by atoms with van der Waals surface area (Å²) in [7, 11) is 0. The molecular weight excluding hydrogens is 352 g/mol. The highest BCUT2D eigenvalue weighted by atomic mass is 19.1. The Morgan fingerprint density at radius 3 is 2.48 bits per heavy atom. The van der Waals surface area contributed by atoms with Crippen LogP contribution in [-0.2, 0) is 0 Å². The van der Waals surface area contributed by atoms with Crippen molar-refractivity contribution in [2.45, 2.75) is 26.1 Å². The summed E-state index contributed by atoms with van der Waals surface area (Å²) in [6.07, 6.45) is -1.23. The van der Waals surface area contributed by atoms with Crippen molar-refractivity contribution >= 4 is 5.96 Å². The molecule has 7 heteroatoms. The molecule has 0 heterocycles. The molecule has 2 unspecified atom stereocenters. The normalized spacial score (nSPS) is 13.7. The third-order valence-corrected chi connectivity index (χ3v) is 3.74. The van der Waals surface area contributed by atoms with Crippen LogP contribution in [0.25, 0.3) is 0 Å². The number of rotatable bonds is 8. The first-order valence-electron chi connectivity index (χ1n) is 8.86. The number of aliphatic imine (C=N–C) groups is 1. The number of nitrogens with one attached hydrogen (secondary N) is 2. The summed E-state index contributed by atoms with van der Waals surface area (Å²) < 4.78 is 32.3. The summed E-state index contributed by atoms with van der Waals surface area (Å²) in [4.78, 5) is 4.29. The number of benzene rings is 2. The molecule has 5 nitrogen and oxygen atoms in total. The lowest BCUT2D eigenvalue weighted by Crippen LogP contribution is -2.42. The molecule has 146 valence electrons. The van der Waals surface area contributed by atoms with Gasteiger partial charge in [0.2, 0.25) is 0 Å². The van der Waals surface area contributed by atoms with E-state index in [9.17, 15) is 13.9 Å². The van der Waals surface area contributed by atoms with Crippen molar-refractivity contribution in [2.24, 2.45) is 4.99 Å². The van der Waals surface area contributed by atoms with E-state index in [1.807, 2.05) is 13.8 Å². The molecule has 0 radical (unpaired) electrons. The molecule has 0 aliphatic rings. The maximum atomic E-state index is 13.7. The zero-order chi connectivity index (χ0) is 19.6. The number of halogens is 2. The fourth-order valence-corrected chi connectivity index (χ4v) is 2.39. The van der Waals surface area contributed by atoms with Crippen LogP contribution < -0.4 is 15.4 Å². The van der Waals surface area contributed by atoms with Crippen molar-refractivity contribution in [3.05, 3.63) is 65.7 Å². The summed E-state index contributed by atoms with van der Waals surface area (Å²) in [6, 6.07) is 11.9. The van der Waals surface area contributed by atoms with E-state index in [-0.39, 0.29) is 24.0 Å². The minimum absolute atomic E-state index is 0.0173. The minimum atomic E-state index is -1.03. The molecule has 0 amide bonds. The highest BCUT2D eigenvalue weighted by Crippen LogP contribution is 2.16. The molecule has 2 aromatic carbocycles. The third kappa shape index (κ3) is 6.86. The van der Waals surface area contributed by atoms with Gasteiger partial charge in [0.15, 0.2) is 5.96 Å². The minimum Gasteiger partial charge on any atom is -0.489 e. The maximum absolute atomic E-state index is 13.7. The molecule has 0 fully saturated rings. The molecule has 2 aromatic rings. The monoisotopic (exact) mass is 377 g/mol. The van der Waals surface area contributed by atoms with Crippen LogP contribution in [0.4, 0.5) is 8.78 Å². The van der Waals surface area contributed by atoms with Gasteiger partial charge < -0.3 is 20.5 Å². The Morgan fingerprint density at radius 1 is 1.11 bits per heavy atom. The molecule has 0 aliphatic carbocycles.